The normalized spacial score (nSPS) is 24.0. The number of ether oxygens (including phenoxy) is 1. The summed E-state index contributed by atoms with van der Waals surface area (Å²) in [4.78, 5) is 16.1. The van der Waals surface area contributed by atoms with E-state index in [9.17, 15) is 4.79 Å². The third-order valence-corrected chi connectivity index (χ3v) is 3.84. The molecule has 110 valence electrons. The molecule has 2 aromatic rings. The molecule has 1 aliphatic rings. The monoisotopic (exact) mass is 287 g/mol. The van der Waals surface area contributed by atoms with Crippen LogP contribution in [0.5, 0.6) is 5.75 Å². The first-order chi connectivity index (χ1) is 10.1. The van der Waals surface area contributed by atoms with Gasteiger partial charge in [-0.25, -0.2) is 4.68 Å². The summed E-state index contributed by atoms with van der Waals surface area (Å²) in [7, 11) is 1.61. The quantitative estimate of drug-likeness (QED) is 0.870. The Balaban J connectivity index is 2.13. The third-order valence-electron chi connectivity index (χ3n) is 3.84. The van der Waals surface area contributed by atoms with Gasteiger partial charge in [-0.15, -0.1) is 0 Å². The standard InChI is InChI=1S/C14H17N5O2/c1-8-11(13(15)20)12(19-14(18-8)16-7-17-19)9-4-3-5-10(6-9)21-2/h3-8,11-12H,1-2H3,(H2,15,20)(H,16,17,18)/t8-,11-,12-/m1/s1. The van der Waals surface area contributed by atoms with Gasteiger partial charge in [0.2, 0.25) is 11.9 Å². The number of benzene rings is 1. The summed E-state index contributed by atoms with van der Waals surface area (Å²) >= 11 is 0. The van der Waals surface area contributed by atoms with E-state index < -0.39 is 5.92 Å². The summed E-state index contributed by atoms with van der Waals surface area (Å²) in [5, 5.41) is 7.39. The topological polar surface area (TPSA) is 95.1 Å². The molecule has 1 aromatic carbocycles. The fourth-order valence-corrected chi connectivity index (χ4v) is 2.85. The number of nitrogens with one attached hydrogen (secondary N) is 1. The number of anilines is 1. The highest BCUT2D eigenvalue weighted by Gasteiger charge is 2.40. The Morgan fingerprint density at radius 2 is 2.29 bits per heavy atom. The third kappa shape index (κ3) is 2.20. The molecule has 3 atom stereocenters. The summed E-state index contributed by atoms with van der Waals surface area (Å²) < 4.78 is 6.96. The lowest BCUT2D eigenvalue weighted by molar-refractivity contribution is -0.123. The number of hydrogen-bond donors (Lipinski definition) is 2. The van der Waals surface area contributed by atoms with Gasteiger partial charge < -0.3 is 15.8 Å². The molecule has 0 aliphatic carbocycles. The Morgan fingerprint density at radius 3 is 3.00 bits per heavy atom. The minimum atomic E-state index is -0.425. The van der Waals surface area contributed by atoms with Gasteiger partial charge in [0.05, 0.1) is 19.1 Å². The zero-order valence-electron chi connectivity index (χ0n) is 11.9. The first kappa shape index (κ1) is 13.4. The van der Waals surface area contributed by atoms with Crippen LogP contribution in [0.15, 0.2) is 30.6 Å². The van der Waals surface area contributed by atoms with Gasteiger partial charge >= 0.3 is 0 Å². The molecule has 0 bridgehead atoms. The van der Waals surface area contributed by atoms with E-state index in [1.54, 1.807) is 11.8 Å². The molecule has 1 amide bonds. The lowest BCUT2D eigenvalue weighted by Gasteiger charge is -2.36. The van der Waals surface area contributed by atoms with Crippen LogP contribution < -0.4 is 15.8 Å². The highest BCUT2D eigenvalue weighted by Crippen LogP contribution is 2.36. The molecule has 7 nitrogen and oxygen atoms in total. The lowest BCUT2D eigenvalue weighted by Crippen LogP contribution is -2.47. The van der Waals surface area contributed by atoms with Crippen LogP contribution in [0, 0.1) is 5.92 Å². The van der Waals surface area contributed by atoms with Crippen LogP contribution in [-0.2, 0) is 4.79 Å². The van der Waals surface area contributed by atoms with Crippen molar-refractivity contribution in [1.29, 1.82) is 0 Å². The van der Waals surface area contributed by atoms with Gasteiger partial charge in [-0.1, -0.05) is 12.1 Å². The Bertz CT molecular complexity index is 669. The summed E-state index contributed by atoms with van der Waals surface area (Å²) in [6.45, 7) is 1.92. The fourth-order valence-electron chi connectivity index (χ4n) is 2.85. The zero-order chi connectivity index (χ0) is 15.0. The van der Waals surface area contributed by atoms with E-state index in [1.807, 2.05) is 31.2 Å². The Kier molecular flexibility index (Phi) is 3.25. The largest absolute Gasteiger partial charge is 0.497 e. The molecule has 1 aromatic heterocycles. The first-order valence-corrected chi connectivity index (χ1v) is 6.71. The Labute approximate surface area is 122 Å². The molecule has 0 saturated heterocycles. The second kappa shape index (κ2) is 5.08. The molecule has 0 fully saturated rings. The molecular weight excluding hydrogens is 270 g/mol. The number of nitrogens with two attached hydrogens (primary N) is 1. The van der Waals surface area contributed by atoms with Crippen LogP contribution >= 0.6 is 0 Å². The van der Waals surface area contributed by atoms with Crippen molar-refractivity contribution in [3.63, 3.8) is 0 Å². The van der Waals surface area contributed by atoms with Gasteiger partial charge in [0.25, 0.3) is 0 Å². The number of fused-ring (bicyclic) bond motifs is 1. The second-order valence-corrected chi connectivity index (χ2v) is 5.11. The Morgan fingerprint density at radius 1 is 1.48 bits per heavy atom. The average molecular weight is 287 g/mol. The lowest BCUT2D eigenvalue weighted by atomic mass is 9.85. The highest BCUT2D eigenvalue weighted by molar-refractivity contribution is 5.79. The minimum absolute atomic E-state index is 0.129. The van der Waals surface area contributed by atoms with E-state index in [2.05, 4.69) is 15.4 Å². The minimum Gasteiger partial charge on any atom is -0.497 e. The van der Waals surface area contributed by atoms with Gasteiger partial charge in [-0.2, -0.15) is 10.1 Å². The van der Waals surface area contributed by atoms with Crippen molar-refractivity contribution >= 4 is 11.9 Å². The molecule has 0 radical (unpaired) electrons. The number of carbonyl (C=O) groups is 1. The van der Waals surface area contributed by atoms with Crippen molar-refractivity contribution in [3.8, 4) is 5.75 Å². The summed E-state index contributed by atoms with van der Waals surface area (Å²) in [5.74, 6) is 0.562. The number of primary amides is 1. The molecule has 0 saturated carbocycles. The SMILES string of the molecule is COc1cccc([C@@H]2[C@H](C(N)=O)[C@@H](C)Nc3ncnn32)c1. The van der Waals surface area contributed by atoms with E-state index >= 15 is 0 Å². The smallest absolute Gasteiger partial charge is 0.225 e. The Hall–Kier alpha value is -2.57. The van der Waals surface area contributed by atoms with Gasteiger partial charge in [-0.05, 0) is 24.6 Å². The maximum absolute atomic E-state index is 11.9. The first-order valence-electron chi connectivity index (χ1n) is 6.71. The number of aromatic nitrogens is 3. The molecule has 1 aliphatic heterocycles. The molecule has 21 heavy (non-hydrogen) atoms. The van der Waals surface area contributed by atoms with Crippen LogP contribution in [0.2, 0.25) is 0 Å². The molecular formula is C14H17N5O2. The number of nitrogens with zero attached hydrogens (tertiary/aromatic N) is 3. The number of carbonyl (C=O) groups excluding carboxylic acids is 1. The van der Waals surface area contributed by atoms with Crippen molar-refractivity contribution in [3.05, 3.63) is 36.2 Å². The number of methoxy groups -OCH3 is 1. The van der Waals surface area contributed by atoms with Crippen LogP contribution in [0.4, 0.5) is 5.95 Å². The summed E-state index contributed by atoms with van der Waals surface area (Å²) in [5.41, 5.74) is 6.53. The van der Waals surface area contributed by atoms with Crippen molar-refractivity contribution in [2.24, 2.45) is 11.7 Å². The van der Waals surface area contributed by atoms with Crippen LogP contribution in [-0.4, -0.2) is 33.8 Å². The maximum atomic E-state index is 11.9. The second-order valence-electron chi connectivity index (χ2n) is 5.11. The number of rotatable bonds is 3. The van der Waals surface area contributed by atoms with Crippen molar-refractivity contribution in [2.45, 2.75) is 19.0 Å². The summed E-state index contributed by atoms with van der Waals surface area (Å²) in [6.07, 6.45) is 1.46. The molecule has 2 heterocycles. The molecule has 7 heteroatoms. The van der Waals surface area contributed by atoms with Crippen molar-refractivity contribution in [1.82, 2.24) is 14.8 Å². The van der Waals surface area contributed by atoms with Gasteiger partial charge in [0.15, 0.2) is 0 Å². The van der Waals surface area contributed by atoms with Crippen molar-refractivity contribution < 1.29 is 9.53 Å². The maximum Gasteiger partial charge on any atom is 0.225 e. The van der Waals surface area contributed by atoms with Gasteiger partial charge in [0, 0.05) is 6.04 Å². The van der Waals surface area contributed by atoms with Gasteiger partial charge in [0.1, 0.15) is 12.1 Å². The molecule has 0 spiro atoms. The van der Waals surface area contributed by atoms with Crippen molar-refractivity contribution in [2.75, 3.05) is 12.4 Å². The predicted octanol–water partition coefficient (Wildman–Crippen LogP) is 0.792. The highest BCUT2D eigenvalue weighted by atomic mass is 16.5. The molecule has 3 N–H and O–H groups in total. The predicted molar refractivity (Wildman–Crippen MR) is 76.9 cm³/mol. The fraction of sp³-hybridized carbons (Fsp3) is 0.357. The van der Waals surface area contributed by atoms with Crippen LogP contribution in [0.1, 0.15) is 18.5 Å². The van der Waals surface area contributed by atoms with E-state index in [0.717, 1.165) is 11.3 Å². The van der Waals surface area contributed by atoms with E-state index in [0.29, 0.717) is 5.95 Å². The van der Waals surface area contributed by atoms with E-state index in [1.165, 1.54) is 6.33 Å². The van der Waals surface area contributed by atoms with Gasteiger partial charge in [-0.3, -0.25) is 4.79 Å². The number of amides is 1. The summed E-state index contributed by atoms with van der Waals surface area (Å²) in [6, 6.07) is 7.14. The van der Waals surface area contributed by atoms with E-state index in [4.69, 9.17) is 10.5 Å². The van der Waals surface area contributed by atoms with E-state index in [-0.39, 0.29) is 18.0 Å². The average Bonchev–Trinajstić information content (AvgIpc) is 2.93. The van der Waals surface area contributed by atoms with Crippen LogP contribution in [0.25, 0.3) is 0 Å². The van der Waals surface area contributed by atoms with Crippen LogP contribution in [0.3, 0.4) is 0 Å². The molecule has 3 rings (SSSR count). The molecule has 0 unspecified atom stereocenters. The zero-order valence-corrected chi connectivity index (χ0v) is 11.9. The number of hydrogen-bond acceptors (Lipinski definition) is 5.